The van der Waals surface area contributed by atoms with E-state index in [0.717, 1.165) is 33.9 Å². The monoisotopic (exact) mass is 806 g/mol. The van der Waals surface area contributed by atoms with Crippen molar-refractivity contribution in [2.75, 3.05) is 20.8 Å². The Bertz CT molecular complexity index is 2180. The number of carboxylic acid groups (broad SMARTS) is 1. The number of halogens is 4. The zero-order valence-corrected chi connectivity index (χ0v) is 32.8. The van der Waals surface area contributed by atoms with Crippen molar-refractivity contribution in [2.24, 2.45) is 5.41 Å². The molecule has 2 saturated carbocycles. The van der Waals surface area contributed by atoms with E-state index in [-0.39, 0.29) is 36.6 Å². The van der Waals surface area contributed by atoms with Gasteiger partial charge in [-0.15, -0.1) is 0 Å². The average molecular weight is 807 g/mol. The molecule has 2 saturated heterocycles. The minimum Gasteiger partial charge on any atom is -0.481 e. The van der Waals surface area contributed by atoms with Gasteiger partial charge < -0.3 is 29.7 Å². The number of nitrogens with zero attached hydrogens (tertiary/aromatic N) is 3. The van der Waals surface area contributed by atoms with Crippen molar-refractivity contribution in [1.82, 2.24) is 20.2 Å². The molecule has 14 heteroatoms. The quantitative estimate of drug-likeness (QED) is 0.129. The van der Waals surface area contributed by atoms with Gasteiger partial charge in [0.25, 0.3) is 0 Å². The number of methoxy groups -OCH3 is 2. The van der Waals surface area contributed by atoms with Crippen molar-refractivity contribution in [1.29, 1.82) is 0 Å². The number of rotatable bonds is 12. The van der Waals surface area contributed by atoms with Crippen molar-refractivity contribution < 1.29 is 42.4 Å². The minimum atomic E-state index is -4.77. The molecule has 302 valence electrons. The van der Waals surface area contributed by atoms with Crippen LogP contribution >= 0.6 is 11.6 Å². The summed E-state index contributed by atoms with van der Waals surface area (Å²) >= 11 is 7.14. The molecule has 0 spiro atoms. The lowest BCUT2D eigenvalue weighted by molar-refractivity contribution is -0.159. The summed E-state index contributed by atoms with van der Waals surface area (Å²) in [5.41, 5.74) is 3.20. The molecule has 2 aromatic carbocycles. The molecule has 2 aromatic heterocycles. The van der Waals surface area contributed by atoms with Crippen molar-refractivity contribution in [3.63, 3.8) is 0 Å². The third kappa shape index (κ3) is 7.55. The fourth-order valence-corrected chi connectivity index (χ4v) is 9.71. The number of piperidine rings is 2. The largest absolute Gasteiger partial charge is 0.481 e. The molecule has 0 radical (unpaired) electrons. The van der Waals surface area contributed by atoms with Crippen LogP contribution in [-0.2, 0) is 30.5 Å². The third-order valence-corrected chi connectivity index (χ3v) is 12.8. The lowest BCUT2D eigenvalue weighted by atomic mass is 9.67. The molecule has 3 N–H and O–H groups in total. The van der Waals surface area contributed by atoms with Gasteiger partial charge in [-0.1, -0.05) is 54.1 Å². The summed E-state index contributed by atoms with van der Waals surface area (Å²) in [6, 6.07) is 16.6. The van der Waals surface area contributed by atoms with Crippen LogP contribution in [0.1, 0.15) is 85.8 Å². The zero-order chi connectivity index (χ0) is 40.3. The van der Waals surface area contributed by atoms with E-state index < -0.39 is 40.7 Å². The molecule has 2 bridgehead atoms. The van der Waals surface area contributed by atoms with Crippen LogP contribution in [0, 0.1) is 5.41 Å². The lowest BCUT2D eigenvalue weighted by Crippen LogP contribution is -2.56. The van der Waals surface area contributed by atoms with E-state index >= 15 is 0 Å². The SMILES string of the molecule is COc1nc(-c2cccc(-c3cccc4c3CC[C@@H]4Oc3nc(OC)c(CN4CC5(C(=O)O)CCC4CC5)cc3C(F)(F)F)c2Cl)ccc1CN[C@H]1C[C@](C)(O)C1. The Hall–Kier alpha value is -4.43. The Morgan fingerprint density at radius 2 is 1.63 bits per heavy atom. The maximum absolute atomic E-state index is 14.7. The van der Waals surface area contributed by atoms with Crippen LogP contribution in [0.4, 0.5) is 13.2 Å². The maximum Gasteiger partial charge on any atom is 0.421 e. The molecule has 1 atom stereocenters. The van der Waals surface area contributed by atoms with E-state index in [1.807, 2.05) is 60.4 Å². The molecule has 0 unspecified atom stereocenters. The molecule has 3 aliphatic carbocycles. The van der Waals surface area contributed by atoms with Crippen molar-refractivity contribution >= 4 is 17.6 Å². The molecule has 2 aliphatic heterocycles. The highest BCUT2D eigenvalue weighted by atomic mass is 35.5. The van der Waals surface area contributed by atoms with Crippen molar-refractivity contribution in [3.8, 4) is 40.0 Å². The number of nitrogens with one attached hydrogen (secondary N) is 1. The molecule has 4 fully saturated rings. The van der Waals surface area contributed by atoms with Crippen LogP contribution in [0.25, 0.3) is 22.4 Å². The minimum absolute atomic E-state index is 0.0153. The number of aliphatic hydroxyl groups is 1. The van der Waals surface area contributed by atoms with Gasteiger partial charge in [-0.05, 0) is 87.1 Å². The van der Waals surface area contributed by atoms with E-state index in [1.165, 1.54) is 7.11 Å². The summed E-state index contributed by atoms with van der Waals surface area (Å²) in [6.07, 6.45) is -0.662. The van der Waals surface area contributed by atoms with Crippen LogP contribution in [0.15, 0.2) is 54.6 Å². The first-order chi connectivity index (χ1) is 27.2. The van der Waals surface area contributed by atoms with Crippen LogP contribution in [-0.4, -0.2) is 69.5 Å². The van der Waals surface area contributed by atoms with Crippen LogP contribution in [0.5, 0.6) is 17.6 Å². The summed E-state index contributed by atoms with van der Waals surface area (Å²) in [5.74, 6) is -0.943. The molecule has 4 aromatic rings. The number of hydrogen-bond donors (Lipinski definition) is 3. The van der Waals surface area contributed by atoms with Gasteiger partial charge in [0, 0.05) is 54.0 Å². The molecular weight excluding hydrogens is 761 g/mol. The van der Waals surface area contributed by atoms with Crippen LogP contribution in [0.3, 0.4) is 0 Å². The van der Waals surface area contributed by atoms with E-state index in [1.54, 1.807) is 7.11 Å². The number of carboxylic acids is 1. The summed E-state index contributed by atoms with van der Waals surface area (Å²) in [6.45, 7) is 2.73. The number of aliphatic carboxylic acids is 1. The number of fused-ring (bicyclic) bond motifs is 4. The molecule has 9 rings (SSSR count). The van der Waals surface area contributed by atoms with Gasteiger partial charge in [-0.2, -0.15) is 18.2 Å². The summed E-state index contributed by atoms with van der Waals surface area (Å²) in [7, 11) is 2.93. The molecule has 4 heterocycles. The number of pyridine rings is 2. The van der Waals surface area contributed by atoms with Gasteiger partial charge in [-0.3, -0.25) is 9.69 Å². The first-order valence-corrected chi connectivity index (χ1v) is 19.8. The van der Waals surface area contributed by atoms with Crippen molar-refractivity contribution in [3.05, 3.63) is 87.4 Å². The highest BCUT2D eigenvalue weighted by Gasteiger charge is 2.50. The highest BCUT2D eigenvalue weighted by molar-refractivity contribution is 6.36. The van der Waals surface area contributed by atoms with Gasteiger partial charge in [0.1, 0.15) is 11.7 Å². The zero-order valence-electron chi connectivity index (χ0n) is 32.1. The first-order valence-electron chi connectivity index (χ1n) is 19.4. The first kappa shape index (κ1) is 39.4. The predicted molar refractivity (Wildman–Crippen MR) is 207 cm³/mol. The third-order valence-electron chi connectivity index (χ3n) is 12.4. The Balaban J connectivity index is 1.05. The molecule has 57 heavy (non-hydrogen) atoms. The molecule has 10 nitrogen and oxygen atoms in total. The second-order valence-electron chi connectivity index (χ2n) is 16.3. The number of aromatic nitrogens is 2. The van der Waals surface area contributed by atoms with E-state index in [0.29, 0.717) is 80.1 Å². The topological polar surface area (TPSA) is 126 Å². The van der Waals surface area contributed by atoms with E-state index in [2.05, 4.69) is 10.3 Å². The number of ether oxygens (including phenoxy) is 3. The number of hydrogen-bond acceptors (Lipinski definition) is 9. The Kier molecular flexibility index (Phi) is 10.4. The smallest absolute Gasteiger partial charge is 0.421 e. The van der Waals surface area contributed by atoms with Crippen LogP contribution in [0.2, 0.25) is 5.02 Å². The number of benzene rings is 2. The fraction of sp³-hybridized carbons (Fsp3) is 0.465. The molecular formula is C43H46ClF3N4O6. The number of carbonyl (C=O) groups is 1. The Morgan fingerprint density at radius 1 is 0.947 bits per heavy atom. The van der Waals surface area contributed by atoms with Gasteiger partial charge in [0.05, 0.1) is 36.0 Å². The fourth-order valence-electron chi connectivity index (χ4n) is 9.38. The average Bonchev–Trinajstić information content (AvgIpc) is 3.59. The van der Waals surface area contributed by atoms with Gasteiger partial charge >= 0.3 is 12.1 Å². The summed E-state index contributed by atoms with van der Waals surface area (Å²) in [4.78, 5) is 23.2. The summed E-state index contributed by atoms with van der Waals surface area (Å²) < 4.78 is 61.5. The maximum atomic E-state index is 14.7. The molecule has 0 amide bonds. The van der Waals surface area contributed by atoms with E-state index in [9.17, 15) is 28.2 Å². The molecule has 5 aliphatic rings. The second kappa shape index (κ2) is 15.1. The van der Waals surface area contributed by atoms with Crippen LogP contribution < -0.4 is 19.5 Å². The Labute approximate surface area is 334 Å². The number of alkyl halides is 3. The summed E-state index contributed by atoms with van der Waals surface area (Å²) in [5, 5.41) is 24.0. The standard InChI is InChI=1S/C43H46ClF3N4O6/c1-41(54)19-26(20-41)48-21-24-10-12-34(49-37(24)55-2)32-9-5-8-31(36(32)44)28-6-4-7-30-29(28)11-13-35(30)57-39-33(43(45,46)47)18-25(38(50-39)56-3)22-51-23-42(40(52)53)16-14-27(51)15-17-42/h4-10,12,18,26-27,35,48,54H,11,13-17,19-23H2,1-3H3,(H,52,53)/t26-,27?,35-,41-,42?/m0/s1. The predicted octanol–water partition coefficient (Wildman–Crippen LogP) is 8.40. The van der Waals surface area contributed by atoms with Gasteiger partial charge in [-0.25, -0.2) is 4.98 Å². The van der Waals surface area contributed by atoms with Gasteiger partial charge in [0.2, 0.25) is 17.6 Å². The van der Waals surface area contributed by atoms with Gasteiger partial charge in [0.15, 0.2) is 0 Å². The van der Waals surface area contributed by atoms with Crippen molar-refractivity contribution in [2.45, 2.75) is 101 Å². The highest BCUT2D eigenvalue weighted by Crippen LogP contribution is 2.48. The lowest BCUT2D eigenvalue weighted by Gasteiger charge is -2.50. The second-order valence-corrected chi connectivity index (χ2v) is 16.6. The normalized spacial score (nSPS) is 25.5. The van der Waals surface area contributed by atoms with E-state index in [4.69, 9.17) is 30.8 Å². The Morgan fingerprint density at radius 3 is 2.32 bits per heavy atom.